The van der Waals surface area contributed by atoms with Crippen LogP contribution in [0.3, 0.4) is 0 Å². The molecule has 0 aliphatic carbocycles. The van der Waals surface area contributed by atoms with Crippen LogP contribution in [0.4, 0.5) is 0 Å². The van der Waals surface area contributed by atoms with Crippen molar-refractivity contribution in [2.24, 2.45) is 0 Å². The number of Topliss-reactive ketones (excluding diaryl/α,β-unsaturated/α-hetero) is 1. The SMILES string of the molecule is O=C(CCC(=O)c1ccccc1)NC1CCNC1. The third-order valence-electron chi connectivity index (χ3n) is 3.10. The van der Waals surface area contributed by atoms with Gasteiger partial charge in [-0.1, -0.05) is 30.3 Å². The van der Waals surface area contributed by atoms with E-state index in [9.17, 15) is 9.59 Å². The first-order chi connectivity index (χ1) is 8.75. The van der Waals surface area contributed by atoms with Crippen molar-refractivity contribution in [3.63, 3.8) is 0 Å². The topological polar surface area (TPSA) is 58.2 Å². The van der Waals surface area contributed by atoms with Crippen LogP contribution in [0.15, 0.2) is 30.3 Å². The Morgan fingerprint density at radius 2 is 2.00 bits per heavy atom. The maximum Gasteiger partial charge on any atom is 0.220 e. The van der Waals surface area contributed by atoms with Gasteiger partial charge in [-0.3, -0.25) is 9.59 Å². The predicted octanol–water partition coefficient (Wildman–Crippen LogP) is 1.13. The fourth-order valence-corrected chi connectivity index (χ4v) is 2.07. The van der Waals surface area contributed by atoms with Crippen molar-refractivity contribution in [1.29, 1.82) is 0 Å². The van der Waals surface area contributed by atoms with E-state index >= 15 is 0 Å². The van der Waals surface area contributed by atoms with E-state index < -0.39 is 0 Å². The molecular formula is C14H18N2O2. The van der Waals surface area contributed by atoms with Crippen molar-refractivity contribution in [2.75, 3.05) is 13.1 Å². The number of rotatable bonds is 5. The molecule has 1 saturated heterocycles. The minimum Gasteiger partial charge on any atom is -0.352 e. The molecule has 0 spiro atoms. The summed E-state index contributed by atoms with van der Waals surface area (Å²) in [6.07, 6.45) is 1.51. The zero-order chi connectivity index (χ0) is 12.8. The van der Waals surface area contributed by atoms with Crippen LogP contribution < -0.4 is 10.6 Å². The van der Waals surface area contributed by atoms with Crippen LogP contribution in [0.1, 0.15) is 29.6 Å². The van der Waals surface area contributed by atoms with Gasteiger partial charge in [0.25, 0.3) is 0 Å². The first kappa shape index (κ1) is 12.8. The first-order valence-electron chi connectivity index (χ1n) is 6.34. The average Bonchev–Trinajstić information content (AvgIpc) is 2.90. The van der Waals surface area contributed by atoms with Gasteiger partial charge in [0.15, 0.2) is 5.78 Å². The Morgan fingerprint density at radius 3 is 2.67 bits per heavy atom. The van der Waals surface area contributed by atoms with Gasteiger partial charge in [-0.15, -0.1) is 0 Å². The molecule has 1 atom stereocenters. The molecule has 1 aromatic carbocycles. The van der Waals surface area contributed by atoms with E-state index in [4.69, 9.17) is 0 Å². The van der Waals surface area contributed by atoms with E-state index in [1.165, 1.54) is 0 Å². The largest absolute Gasteiger partial charge is 0.352 e. The van der Waals surface area contributed by atoms with E-state index in [1.807, 2.05) is 18.2 Å². The minimum atomic E-state index is -0.0343. The number of nitrogens with one attached hydrogen (secondary N) is 2. The van der Waals surface area contributed by atoms with Crippen LogP contribution in [0, 0.1) is 0 Å². The van der Waals surface area contributed by atoms with Gasteiger partial charge in [0.2, 0.25) is 5.91 Å². The molecule has 96 valence electrons. The maximum absolute atomic E-state index is 11.8. The lowest BCUT2D eigenvalue weighted by Gasteiger charge is -2.10. The van der Waals surface area contributed by atoms with Gasteiger partial charge in [0, 0.05) is 31.0 Å². The van der Waals surface area contributed by atoms with Gasteiger partial charge in [0.1, 0.15) is 0 Å². The molecule has 2 N–H and O–H groups in total. The Labute approximate surface area is 107 Å². The van der Waals surface area contributed by atoms with Gasteiger partial charge < -0.3 is 10.6 Å². The standard InChI is InChI=1S/C14H18N2O2/c17-13(11-4-2-1-3-5-11)6-7-14(18)16-12-8-9-15-10-12/h1-5,12,15H,6-10H2,(H,16,18). The Hall–Kier alpha value is -1.68. The Kier molecular flexibility index (Phi) is 4.47. The summed E-state index contributed by atoms with van der Waals surface area (Å²) in [5.41, 5.74) is 0.674. The lowest BCUT2D eigenvalue weighted by Crippen LogP contribution is -2.36. The number of hydrogen-bond donors (Lipinski definition) is 2. The van der Waals surface area contributed by atoms with Crippen molar-refractivity contribution in [3.05, 3.63) is 35.9 Å². The van der Waals surface area contributed by atoms with E-state index in [2.05, 4.69) is 10.6 Å². The molecule has 0 aromatic heterocycles. The third-order valence-corrected chi connectivity index (χ3v) is 3.10. The molecule has 1 aromatic rings. The highest BCUT2D eigenvalue weighted by Crippen LogP contribution is 2.05. The highest BCUT2D eigenvalue weighted by atomic mass is 16.2. The molecule has 1 amide bonds. The summed E-state index contributed by atoms with van der Waals surface area (Å²) in [7, 11) is 0. The zero-order valence-electron chi connectivity index (χ0n) is 10.3. The molecule has 0 radical (unpaired) electrons. The lowest BCUT2D eigenvalue weighted by molar-refractivity contribution is -0.121. The number of amides is 1. The molecular weight excluding hydrogens is 228 g/mol. The summed E-state index contributed by atoms with van der Waals surface area (Å²) < 4.78 is 0. The fourth-order valence-electron chi connectivity index (χ4n) is 2.07. The molecule has 18 heavy (non-hydrogen) atoms. The molecule has 1 fully saturated rings. The number of benzene rings is 1. The quantitative estimate of drug-likeness (QED) is 0.766. The van der Waals surface area contributed by atoms with E-state index in [1.54, 1.807) is 12.1 Å². The Bertz CT molecular complexity index is 411. The van der Waals surface area contributed by atoms with E-state index in [0.29, 0.717) is 5.56 Å². The fraction of sp³-hybridized carbons (Fsp3) is 0.429. The molecule has 1 heterocycles. The van der Waals surface area contributed by atoms with Crippen LogP contribution in [0.5, 0.6) is 0 Å². The first-order valence-corrected chi connectivity index (χ1v) is 6.34. The minimum absolute atomic E-state index is 0.0234. The smallest absolute Gasteiger partial charge is 0.220 e. The second kappa shape index (κ2) is 6.31. The van der Waals surface area contributed by atoms with Crippen molar-refractivity contribution < 1.29 is 9.59 Å². The monoisotopic (exact) mass is 246 g/mol. The van der Waals surface area contributed by atoms with Crippen LogP contribution in [0.2, 0.25) is 0 Å². The molecule has 2 rings (SSSR count). The average molecular weight is 246 g/mol. The van der Waals surface area contributed by atoms with Crippen LogP contribution in [0.25, 0.3) is 0 Å². The summed E-state index contributed by atoms with van der Waals surface area (Å²) in [5, 5.41) is 6.12. The number of carbonyl (C=O) groups excluding carboxylic acids is 2. The molecule has 0 bridgehead atoms. The van der Waals surface area contributed by atoms with Crippen molar-refractivity contribution in [3.8, 4) is 0 Å². The summed E-state index contributed by atoms with van der Waals surface area (Å²) in [6.45, 7) is 1.78. The summed E-state index contributed by atoms with van der Waals surface area (Å²) in [6, 6.07) is 9.32. The predicted molar refractivity (Wildman–Crippen MR) is 69.4 cm³/mol. The van der Waals surface area contributed by atoms with Crippen molar-refractivity contribution >= 4 is 11.7 Å². The normalized spacial score (nSPS) is 18.6. The number of hydrogen-bond acceptors (Lipinski definition) is 3. The Morgan fingerprint density at radius 1 is 1.22 bits per heavy atom. The molecule has 4 heteroatoms. The molecule has 1 aliphatic heterocycles. The molecule has 0 saturated carbocycles. The van der Waals surface area contributed by atoms with Crippen molar-refractivity contribution in [1.82, 2.24) is 10.6 Å². The highest BCUT2D eigenvalue weighted by Gasteiger charge is 2.17. The third kappa shape index (κ3) is 3.67. The van der Waals surface area contributed by atoms with Crippen LogP contribution in [-0.2, 0) is 4.79 Å². The van der Waals surface area contributed by atoms with Crippen LogP contribution >= 0.6 is 0 Å². The lowest BCUT2D eigenvalue weighted by atomic mass is 10.1. The summed E-state index contributed by atoms with van der Waals surface area (Å²) in [5.74, 6) is -0.0109. The molecule has 1 aliphatic rings. The maximum atomic E-state index is 11.8. The van der Waals surface area contributed by atoms with Gasteiger partial charge in [-0.25, -0.2) is 0 Å². The van der Waals surface area contributed by atoms with E-state index in [-0.39, 0.29) is 30.6 Å². The summed E-state index contributed by atoms with van der Waals surface area (Å²) >= 11 is 0. The number of ketones is 1. The second-order valence-electron chi connectivity index (χ2n) is 4.55. The van der Waals surface area contributed by atoms with Crippen molar-refractivity contribution in [2.45, 2.75) is 25.3 Å². The summed E-state index contributed by atoms with van der Waals surface area (Å²) in [4.78, 5) is 23.4. The van der Waals surface area contributed by atoms with Gasteiger partial charge in [0.05, 0.1) is 0 Å². The van der Waals surface area contributed by atoms with Crippen LogP contribution in [-0.4, -0.2) is 30.8 Å². The van der Waals surface area contributed by atoms with E-state index in [0.717, 1.165) is 19.5 Å². The highest BCUT2D eigenvalue weighted by molar-refractivity contribution is 5.97. The Balaban J connectivity index is 1.74. The van der Waals surface area contributed by atoms with Gasteiger partial charge in [-0.05, 0) is 13.0 Å². The molecule has 1 unspecified atom stereocenters. The zero-order valence-corrected chi connectivity index (χ0v) is 10.3. The molecule has 4 nitrogen and oxygen atoms in total. The van der Waals surface area contributed by atoms with Gasteiger partial charge >= 0.3 is 0 Å². The van der Waals surface area contributed by atoms with Gasteiger partial charge in [-0.2, -0.15) is 0 Å². The number of carbonyl (C=O) groups is 2. The second-order valence-corrected chi connectivity index (χ2v) is 4.55.